The van der Waals surface area contributed by atoms with E-state index in [0.29, 0.717) is 0 Å². The lowest BCUT2D eigenvalue weighted by molar-refractivity contribution is 0.0692. The van der Waals surface area contributed by atoms with Crippen molar-refractivity contribution < 1.29 is 27.4 Å². The van der Waals surface area contributed by atoms with Crippen molar-refractivity contribution in [1.29, 1.82) is 0 Å². The van der Waals surface area contributed by atoms with Gasteiger partial charge in [0.2, 0.25) is 0 Å². The van der Waals surface area contributed by atoms with E-state index in [1.165, 1.54) is 30.3 Å². The highest BCUT2D eigenvalue weighted by atomic mass is 32.2. The Labute approximate surface area is 132 Å². The molecule has 2 aromatic rings. The molecule has 0 saturated heterocycles. The van der Waals surface area contributed by atoms with Gasteiger partial charge in [-0.05, 0) is 43.3 Å². The van der Waals surface area contributed by atoms with Gasteiger partial charge in [0.05, 0.1) is 17.2 Å². The van der Waals surface area contributed by atoms with Crippen LogP contribution in [0.4, 0.5) is 10.1 Å². The number of carboxylic acids is 1. The Hall–Kier alpha value is -2.61. The van der Waals surface area contributed by atoms with Crippen LogP contribution in [0.3, 0.4) is 0 Å². The first-order valence-corrected chi connectivity index (χ1v) is 8.10. The minimum absolute atomic E-state index is 0.0377. The molecule has 23 heavy (non-hydrogen) atoms. The van der Waals surface area contributed by atoms with Crippen LogP contribution >= 0.6 is 0 Å². The zero-order chi connectivity index (χ0) is 17.0. The molecule has 0 spiro atoms. The molecule has 0 aliphatic heterocycles. The average Bonchev–Trinajstić information content (AvgIpc) is 2.47. The van der Waals surface area contributed by atoms with Gasteiger partial charge in [0.15, 0.2) is 0 Å². The Kier molecular flexibility index (Phi) is 4.85. The van der Waals surface area contributed by atoms with E-state index in [2.05, 4.69) is 4.72 Å². The van der Waals surface area contributed by atoms with E-state index in [1.807, 2.05) is 0 Å². The third-order valence-electron chi connectivity index (χ3n) is 2.87. The summed E-state index contributed by atoms with van der Waals surface area (Å²) in [5.41, 5.74) is -0.232. The van der Waals surface area contributed by atoms with Gasteiger partial charge < -0.3 is 9.84 Å². The fourth-order valence-corrected chi connectivity index (χ4v) is 2.97. The topological polar surface area (TPSA) is 92.7 Å². The van der Waals surface area contributed by atoms with Gasteiger partial charge in [0, 0.05) is 0 Å². The zero-order valence-electron chi connectivity index (χ0n) is 12.1. The zero-order valence-corrected chi connectivity index (χ0v) is 12.9. The molecule has 0 unspecified atom stereocenters. The van der Waals surface area contributed by atoms with E-state index < -0.39 is 21.8 Å². The molecule has 0 fully saturated rings. The van der Waals surface area contributed by atoms with E-state index >= 15 is 0 Å². The lowest BCUT2D eigenvalue weighted by Gasteiger charge is -2.11. The second-order valence-electron chi connectivity index (χ2n) is 4.51. The number of nitrogens with one attached hydrogen (secondary N) is 1. The summed E-state index contributed by atoms with van der Waals surface area (Å²) < 4.78 is 45.0. The normalized spacial score (nSPS) is 11.0. The summed E-state index contributed by atoms with van der Waals surface area (Å²) >= 11 is 0. The minimum Gasteiger partial charge on any atom is -0.493 e. The fourth-order valence-electron chi connectivity index (χ4n) is 1.89. The molecule has 0 atom stereocenters. The molecular formula is C15H14FNO5S. The van der Waals surface area contributed by atoms with Crippen LogP contribution in [0.15, 0.2) is 47.4 Å². The van der Waals surface area contributed by atoms with Gasteiger partial charge in [-0.25, -0.2) is 17.6 Å². The Balaban J connectivity index is 2.40. The number of ether oxygens (including phenoxy) is 1. The van der Waals surface area contributed by atoms with Crippen LogP contribution in [0.2, 0.25) is 0 Å². The number of hydrogen-bond donors (Lipinski definition) is 2. The molecule has 0 heterocycles. The van der Waals surface area contributed by atoms with Gasteiger partial charge in [-0.15, -0.1) is 0 Å². The molecule has 2 N–H and O–H groups in total. The Morgan fingerprint density at radius 3 is 2.61 bits per heavy atom. The smallest absolute Gasteiger partial charge is 0.339 e. The molecule has 0 radical (unpaired) electrons. The standard InChI is InChI=1S/C15H14FNO5S/c1-2-22-14-7-6-12(9-13(14)15(18)19)23(20,21)17-11-5-3-4-10(16)8-11/h3-9,17H,2H2,1H3,(H,18,19). The quantitative estimate of drug-likeness (QED) is 0.844. The molecule has 0 aromatic heterocycles. The predicted octanol–water partition coefficient (Wildman–Crippen LogP) is 2.72. The summed E-state index contributed by atoms with van der Waals surface area (Å²) in [7, 11) is -4.05. The lowest BCUT2D eigenvalue weighted by atomic mass is 10.2. The summed E-state index contributed by atoms with van der Waals surface area (Å²) in [5, 5.41) is 9.16. The second kappa shape index (κ2) is 6.66. The van der Waals surface area contributed by atoms with Crippen LogP contribution in [0.1, 0.15) is 17.3 Å². The molecule has 8 heteroatoms. The number of sulfonamides is 1. The van der Waals surface area contributed by atoms with Crippen LogP contribution < -0.4 is 9.46 Å². The van der Waals surface area contributed by atoms with E-state index in [1.54, 1.807) is 6.92 Å². The van der Waals surface area contributed by atoms with Crippen molar-refractivity contribution in [3.05, 3.63) is 53.8 Å². The van der Waals surface area contributed by atoms with Crippen LogP contribution in [0.25, 0.3) is 0 Å². The molecule has 0 saturated carbocycles. The first-order valence-electron chi connectivity index (χ1n) is 6.62. The highest BCUT2D eigenvalue weighted by molar-refractivity contribution is 7.92. The number of benzene rings is 2. The monoisotopic (exact) mass is 339 g/mol. The molecule has 0 aliphatic rings. The van der Waals surface area contributed by atoms with E-state index in [0.717, 1.165) is 12.1 Å². The summed E-state index contributed by atoms with van der Waals surface area (Å²) in [6, 6.07) is 8.42. The summed E-state index contributed by atoms with van der Waals surface area (Å²) in [5.74, 6) is -1.83. The molecule has 6 nitrogen and oxygen atoms in total. The Bertz CT molecular complexity index is 836. The highest BCUT2D eigenvalue weighted by Crippen LogP contribution is 2.24. The number of anilines is 1. The fraction of sp³-hybridized carbons (Fsp3) is 0.133. The number of carboxylic acid groups (broad SMARTS) is 1. The van der Waals surface area contributed by atoms with E-state index in [4.69, 9.17) is 9.84 Å². The van der Waals surface area contributed by atoms with Crippen molar-refractivity contribution >= 4 is 21.7 Å². The lowest BCUT2D eigenvalue weighted by Crippen LogP contribution is -2.14. The maximum absolute atomic E-state index is 13.1. The van der Waals surface area contributed by atoms with Gasteiger partial charge in [0.25, 0.3) is 10.0 Å². The first-order chi connectivity index (χ1) is 10.8. The predicted molar refractivity (Wildman–Crippen MR) is 81.8 cm³/mol. The molecule has 0 bridgehead atoms. The molecule has 122 valence electrons. The maximum Gasteiger partial charge on any atom is 0.339 e. The number of aromatic carboxylic acids is 1. The number of rotatable bonds is 6. The Morgan fingerprint density at radius 2 is 2.00 bits per heavy atom. The number of halogens is 1. The van der Waals surface area contributed by atoms with E-state index in [9.17, 15) is 17.6 Å². The minimum atomic E-state index is -4.05. The average molecular weight is 339 g/mol. The van der Waals surface area contributed by atoms with Crippen molar-refractivity contribution in [2.75, 3.05) is 11.3 Å². The van der Waals surface area contributed by atoms with Gasteiger partial charge >= 0.3 is 5.97 Å². The largest absolute Gasteiger partial charge is 0.493 e. The molecule has 0 amide bonds. The van der Waals surface area contributed by atoms with Crippen molar-refractivity contribution in [2.45, 2.75) is 11.8 Å². The molecule has 2 rings (SSSR count). The molecular weight excluding hydrogens is 325 g/mol. The van der Waals surface area contributed by atoms with Crippen molar-refractivity contribution in [3.8, 4) is 5.75 Å². The first kappa shape index (κ1) is 16.8. The van der Waals surface area contributed by atoms with Crippen LogP contribution in [-0.4, -0.2) is 26.1 Å². The van der Waals surface area contributed by atoms with Crippen molar-refractivity contribution in [3.63, 3.8) is 0 Å². The third-order valence-corrected chi connectivity index (χ3v) is 4.25. The van der Waals surface area contributed by atoms with Crippen molar-refractivity contribution in [1.82, 2.24) is 0 Å². The van der Waals surface area contributed by atoms with Crippen LogP contribution in [0.5, 0.6) is 5.75 Å². The number of carbonyl (C=O) groups is 1. The SMILES string of the molecule is CCOc1ccc(S(=O)(=O)Nc2cccc(F)c2)cc1C(=O)O. The van der Waals surface area contributed by atoms with Crippen LogP contribution in [0, 0.1) is 5.82 Å². The summed E-state index contributed by atoms with van der Waals surface area (Å²) in [4.78, 5) is 11.0. The van der Waals surface area contributed by atoms with Gasteiger partial charge in [-0.3, -0.25) is 4.72 Å². The molecule has 0 aliphatic carbocycles. The second-order valence-corrected chi connectivity index (χ2v) is 6.19. The highest BCUT2D eigenvalue weighted by Gasteiger charge is 2.20. The van der Waals surface area contributed by atoms with Gasteiger partial charge in [-0.1, -0.05) is 6.07 Å². The summed E-state index contributed by atoms with van der Waals surface area (Å²) in [6.45, 7) is 1.93. The third kappa shape index (κ3) is 3.98. The maximum atomic E-state index is 13.1. The number of hydrogen-bond acceptors (Lipinski definition) is 4. The molecule has 2 aromatic carbocycles. The Morgan fingerprint density at radius 1 is 1.26 bits per heavy atom. The van der Waals surface area contributed by atoms with E-state index in [-0.39, 0.29) is 28.5 Å². The van der Waals surface area contributed by atoms with Crippen LogP contribution in [-0.2, 0) is 10.0 Å². The van der Waals surface area contributed by atoms with Gasteiger partial charge in [-0.2, -0.15) is 0 Å². The van der Waals surface area contributed by atoms with Gasteiger partial charge in [0.1, 0.15) is 17.1 Å². The van der Waals surface area contributed by atoms with Crippen molar-refractivity contribution in [2.24, 2.45) is 0 Å². The summed E-state index contributed by atoms with van der Waals surface area (Å²) in [6.07, 6.45) is 0.